The number of benzene rings is 15. The minimum absolute atomic E-state index is 0.0121. The van der Waals surface area contributed by atoms with Crippen molar-refractivity contribution in [2.45, 2.75) is 78.6 Å². The fourth-order valence-corrected chi connectivity index (χ4v) is 18.6. The van der Waals surface area contributed by atoms with Crippen LogP contribution in [0.5, 0.6) is 0 Å². The molecule has 0 bridgehead atoms. The molecule has 109 heavy (non-hydrogen) atoms. The van der Waals surface area contributed by atoms with Crippen molar-refractivity contribution in [3.63, 3.8) is 0 Å². The van der Waals surface area contributed by atoms with Crippen LogP contribution in [0.2, 0.25) is 0 Å². The summed E-state index contributed by atoms with van der Waals surface area (Å²) >= 11 is 1.75. The summed E-state index contributed by atoms with van der Waals surface area (Å²) in [5.74, 6) is 0. The number of furan rings is 1. The standard InChI is InChI=1S/C102H79BN4OS/c1-100(2,3)66-47-52-87-81(55-66)82-56-67(101(4,5)6)48-53-88(82)105(87)70-60-92-95-93(61-70)107(96-79(63-30-15-11-16-31-63)57-68(102(7,8)9)58-80(96)64-32-17-12-18-33-64)91-59-69(104-85-42-22-19-34-71(85)72-35-20-23-43-86(72)104)49-51-84(91)103(95)83-50-46-65(62-28-13-10-14-29-62)54-90(83)106(92)89-44-27-39-75-74-37-25-38-76(97(74)108-98(75)89)78-41-26-40-77-73-36-21-24-45-94(73)109-99(77)78/h10-61H,1-9H3/i10D,13D,14D,19D,20D,22D,23D,28D,29D,34D,35D,42D,43D. The van der Waals surface area contributed by atoms with Gasteiger partial charge in [0.05, 0.1) is 56.9 Å². The first kappa shape index (κ1) is 52.6. The third kappa shape index (κ3) is 10.1. The quantitative estimate of drug-likeness (QED) is 0.142. The van der Waals surface area contributed by atoms with Gasteiger partial charge in [0.25, 0.3) is 6.71 Å². The van der Waals surface area contributed by atoms with Crippen molar-refractivity contribution >= 4 is 154 Å². The minimum Gasteiger partial charge on any atom is -0.453 e. The average Bonchev–Trinajstić information content (AvgIpc) is 1.35. The van der Waals surface area contributed by atoms with Gasteiger partial charge in [0.2, 0.25) is 0 Å². The average molecular weight is 1430 g/mol. The number of fused-ring (bicyclic) bond motifs is 16. The molecule has 0 saturated carbocycles. The topological polar surface area (TPSA) is 29.5 Å². The Morgan fingerprint density at radius 3 is 1.47 bits per heavy atom. The highest BCUT2D eigenvalue weighted by molar-refractivity contribution is 7.26. The number of anilines is 6. The Hall–Kier alpha value is -12.4. The molecule has 0 unspecified atom stereocenters. The van der Waals surface area contributed by atoms with Crippen LogP contribution in [0.15, 0.2) is 320 Å². The SMILES string of the molecule is [2H]c1c([2H])c([2H])c(-c2ccc3c(c2)N(c2cccc4c2oc2c(-c5cccc6c5sc5ccccc56)cccc24)c2cc(-n4c5ccc(C(C)(C)C)cc5c5cc(C(C)(C)C)ccc54)cc4c2B3c2ccc(-n3c5c([2H])c([2H])c([2H])c([2H])c5c5c([2H])c([2H])c([2H])c([2H])c53)cc2N4c2c(-c3ccccc3)cc(C(C)(C)C)cc2-c2ccccc2)c([2H])c1[2H]. The Kier molecular flexibility index (Phi) is 11.6. The Balaban J connectivity index is 0.970. The van der Waals surface area contributed by atoms with E-state index in [4.69, 9.17) is 8.53 Å². The summed E-state index contributed by atoms with van der Waals surface area (Å²) in [5, 5.41) is 6.02. The van der Waals surface area contributed by atoms with Gasteiger partial charge < -0.3 is 23.4 Å². The second-order valence-electron chi connectivity index (χ2n) is 32.2. The maximum Gasteiger partial charge on any atom is 0.252 e. The third-order valence-corrected chi connectivity index (χ3v) is 23.9. The highest BCUT2D eigenvalue weighted by atomic mass is 32.1. The van der Waals surface area contributed by atoms with Crippen molar-refractivity contribution < 1.29 is 22.2 Å². The Morgan fingerprint density at radius 1 is 0.321 bits per heavy atom. The number of rotatable bonds is 8. The van der Waals surface area contributed by atoms with Crippen molar-refractivity contribution in [3.8, 4) is 55.9 Å². The molecule has 0 N–H and O–H groups in total. The van der Waals surface area contributed by atoms with Gasteiger partial charge in [0.1, 0.15) is 5.58 Å². The Labute approximate surface area is 658 Å². The maximum atomic E-state index is 9.94. The summed E-state index contributed by atoms with van der Waals surface area (Å²) in [4.78, 5) is 4.63. The zero-order valence-electron chi connectivity index (χ0n) is 74.7. The van der Waals surface area contributed by atoms with Crippen LogP contribution in [-0.4, -0.2) is 15.8 Å². The van der Waals surface area contributed by atoms with E-state index in [1.165, 1.54) is 10.1 Å². The van der Waals surface area contributed by atoms with Gasteiger partial charge in [0.15, 0.2) is 5.58 Å². The molecule has 19 aromatic rings. The monoisotopic (exact) mass is 1430 g/mol. The second-order valence-corrected chi connectivity index (χ2v) is 33.3. The van der Waals surface area contributed by atoms with Crippen LogP contribution in [0.3, 0.4) is 0 Å². The number of nitrogens with zero attached hydrogens (tertiary/aromatic N) is 4. The second kappa shape index (κ2) is 24.0. The van der Waals surface area contributed by atoms with Crippen molar-refractivity contribution in [2.75, 3.05) is 9.80 Å². The number of hydrogen-bond donors (Lipinski definition) is 0. The van der Waals surface area contributed by atoms with Crippen LogP contribution in [-0.2, 0) is 16.2 Å². The van der Waals surface area contributed by atoms with Crippen molar-refractivity contribution in [1.82, 2.24) is 9.13 Å². The molecule has 0 atom stereocenters. The van der Waals surface area contributed by atoms with Crippen LogP contribution in [0.25, 0.3) is 142 Å². The molecule has 7 heteroatoms. The number of aromatic nitrogens is 2. The van der Waals surface area contributed by atoms with E-state index in [-0.39, 0.29) is 50.3 Å². The van der Waals surface area contributed by atoms with Gasteiger partial charge in [-0.1, -0.05) is 287 Å². The maximum absolute atomic E-state index is 9.94. The number of thiophene rings is 1. The summed E-state index contributed by atoms with van der Waals surface area (Å²) in [6, 6.07) is 76.7. The molecule has 0 amide bonds. The molecule has 21 rings (SSSR count). The smallest absolute Gasteiger partial charge is 0.252 e. The van der Waals surface area contributed by atoms with E-state index < -0.39 is 78.6 Å². The van der Waals surface area contributed by atoms with Gasteiger partial charge >= 0.3 is 0 Å². The fourth-order valence-electron chi connectivity index (χ4n) is 17.3. The van der Waals surface area contributed by atoms with Gasteiger partial charge in [-0.15, -0.1) is 11.3 Å². The molecule has 522 valence electrons. The summed E-state index contributed by atoms with van der Waals surface area (Å²) in [5.41, 5.74) is 18.9. The van der Waals surface area contributed by atoms with Crippen LogP contribution in [0.4, 0.5) is 34.1 Å². The zero-order valence-corrected chi connectivity index (χ0v) is 62.5. The molecular weight excluding hydrogens is 1340 g/mol. The first-order valence-corrected chi connectivity index (χ1v) is 38.1. The largest absolute Gasteiger partial charge is 0.453 e. The van der Waals surface area contributed by atoms with E-state index in [0.717, 1.165) is 126 Å². The van der Waals surface area contributed by atoms with Gasteiger partial charge in [-0.2, -0.15) is 0 Å². The first-order chi connectivity index (χ1) is 58.4. The minimum atomic E-state index is -0.748. The van der Waals surface area contributed by atoms with E-state index in [2.05, 4.69) is 265 Å². The van der Waals surface area contributed by atoms with E-state index in [0.29, 0.717) is 45.2 Å². The molecular formula is C102H79BN4OS. The van der Waals surface area contributed by atoms with Crippen LogP contribution < -0.4 is 26.2 Å². The van der Waals surface area contributed by atoms with Gasteiger partial charge in [-0.05, 0) is 163 Å². The van der Waals surface area contributed by atoms with Crippen molar-refractivity contribution in [3.05, 3.63) is 332 Å². The predicted octanol–water partition coefficient (Wildman–Crippen LogP) is 26.8. The van der Waals surface area contributed by atoms with Gasteiger partial charge in [0, 0.05) is 103 Å². The molecule has 0 spiro atoms. The summed E-state index contributed by atoms with van der Waals surface area (Å²) in [7, 11) is 0. The molecule has 4 aromatic heterocycles. The van der Waals surface area contributed by atoms with Gasteiger partial charge in [-0.3, -0.25) is 0 Å². The highest BCUT2D eigenvalue weighted by Crippen LogP contribution is 2.55. The summed E-state index contributed by atoms with van der Waals surface area (Å²) in [6.07, 6.45) is 0. The van der Waals surface area contributed by atoms with Gasteiger partial charge in [-0.25, -0.2) is 0 Å². The molecule has 15 aromatic carbocycles. The van der Waals surface area contributed by atoms with E-state index in [1.807, 2.05) is 48.5 Å². The first-order valence-electron chi connectivity index (χ1n) is 43.8. The van der Waals surface area contributed by atoms with E-state index >= 15 is 0 Å². The molecule has 2 aliphatic rings. The normalized spacial score (nSPS) is 14.8. The van der Waals surface area contributed by atoms with Crippen molar-refractivity contribution in [2.24, 2.45) is 0 Å². The lowest BCUT2D eigenvalue weighted by Gasteiger charge is -2.45. The molecule has 0 saturated heterocycles. The van der Waals surface area contributed by atoms with E-state index in [1.54, 1.807) is 15.9 Å². The highest BCUT2D eigenvalue weighted by Gasteiger charge is 2.46. The molecule has 0 fully saturated rings. The zero-order chi connectivity index (χ0) is 84.8. The number of hydrogen-bond acceptors (Lipinski definition) is 4. The number of para-hydroxylation sites is 4. The van der Waals surface area contributed by atoms with E-state index in [9.17, 15) is 13.7 Å². The molecule has 5 nitrogen and oxygen atoms in total. The lowest BCUT2D eigenvalue weighted by Crippen LogP contribution is -2.61. The molecule has 6 heterocycles. The fraction of sp³-hybridized carbons (Fsp3) is 0.118. The molecule has 2 aliphatic heterocycles. The summed E-state index contributed by atoms with van der Waals surface area (Å²) < 4.78 is 137. The summed E-state index contributed by atoms with van der Waals surface area (Å²) in [6.45, 7) is 19.3. The Bertz CT molecular complexity index is 7600. The predicted molar refractivity (Wildman–Crippen MR) is 467 cm³/mol. The molecule has 0 aliphatic carbocycles. The Morgan fingerprint density at radius 2 is 0.835 bits per heavy atom. The molecule has 0 radical (unpaired) electrons. The van der Waals surface area contributed by atoms with Crippen molar-refractivity contribution in [1.29, 1.82) is 0 Å². The lowest BCUT2D eigenvalue weighted by molar-refractivity contribution is 0.590. The lowest BCUT2D eigenvalue weighted by atomic mass is 9.33. The van der Waals surface area contributed by atoms with Crippen LogP contribution in [0, 0.1) is 0 Å². The van der Waals surface area contributed by atoms with Crippen LogP contribution >= 0.6 is 11.3 Å². The van der Waals surface area contributed by atoms with Crippen LogP contribution in [0.1, 0.15) is 96.8 Å². The third-order valence-electron chi connectivity index (χ3n) is 22.7.